The summed E-state index contributed by atoms with van der Waals surface area (Å²) < 4.78 is 5.08. The van der Waals surface area contributed by atoms with Crippen molar-refractivity contribution in [2.45, 2.75) is 18.2 Å². The number of hydrogen-bond acceptors (Lipinski definition) is 2. The topological polar surface area (TPSA) is 26.3 Å². The summed E-state index contributed by atoms with van der Waals surface area (Å²) in [7, 11) is 1.65. The third kappa shape index (κ3) is 3.67. The fraction of sp³-hybridized carbons (Fsp3) is 0.417. The number of methoxy groups -OCH3 is 1. The number of rotatable bonds is 5. The maximum absolute atomic E-state index is 10.6. The molecule has 1 aromatic rings. The highest BCUT2D eigenvalue weighted by molar-refractivity contribution is 9.09. The van der Waals surface area contributed by atoms with Crippen LogP contribution in [0.15, 0.2) is 24.3 Å². The highest BCUT2D eigenvalue weighted by atomic mass is 79.9. The van der Waals surface area contributed by atoms with E-state index in [9.17, 15) is 4.79 Å². The molecule has 2 unspecified atom stereocenters. The molecular formula is C12H15BrO2. The summed E-state index contributed by atoms with van der Waals surface area (Å²) in [6.45, 7) is 2.05. The Labute approximate surface area is 98.8 Å². The Balaban J connectivity index is 2.60. The Morgan fingerprint density at radius 3 is 2.47 bits per heavy atom. The van der Waals surface area contributed by atoms with E-state index in [0.717, 1.165) is 18.5 Å². The second-order valence-electron chi connectivity index (χ2n) is 3.61. The molecule has 2 nitrogen and oxygen atoms in total. The lowest BCUT2D eigenvalue weighted by Crippen LogP contribution is -2.14. The zero-order valence-corrected chi connectivity index (χ0v) is 10.5. The second-order valence-corrected chi connectivity index (χ2v) is 4.67. The Kier molecular flexibility index (Phi) is 4.82. The van der Waals surface area contributed by atoms with Crippen molar-refractivity contribution >= 4 is 22.2 Å². The highest BCUT2D eigenvalue weighted by Gasteiger charge is 2.13. The fourth-order valence-electron chi connectivity index (χ4n) is 1.38. The lowest BCUT2D eigenvalue weighted by atomic mass is 9.99. The number of alkyl halides is 1. The van der Waals surface area contributed by atoms with Crippen LogP contribution >= 0.6 is 15.9 Å². The van der Waals surface area contributed by atoms with Gasteiger partial charge < -0.3 is 9.53 Å². The van der Waals surface area contributed by atoms with Crippen LogP contribution in [0.4, 0.5) is 0 Å². The number of ether oxygens (including phenoxy) is 1. The minimum absolute atomic E-state index is 0.0698. The van der Waals surface area contributed by atoms with Gasteiger partial charge in [0.1, 0.15) is 12.0 Å². The summed E-state index contributed by atoms with van der Waals surface area (Å²) in [4.78, 5) is 10.5. The van der Waals surface area contributed by atoms with E-state index in [4.69, 9.17) is 4.74 Å². The first kappa shape index (κ1) is 12.2. The number of benzene rings is 1. The van der Waals surface area contributed by atoms with Crippen molar-refractivity contribution in [1.29, 1.82) is 0 Å². The molecular weight excluding hydrogens is 256 g/mol. The molecule has 0 saturated carbocycles. The summed E-state index contributed by atoms with van der Waals surface area (Å²) in [5.41, 5.74) is 1.22. The number of halogens is 1. The number of hydrogen-bond donors (Lipinski definition) is 0. The quantitative estimate of drug-likeness (QED) is 0.608. The first-order valence-corrected chi connectivity index (χ1v) is 5.81. The molecule has 15 heavy (non-hydrogen) atoms. The number of carbonyl (C=O) groups is 1. The maximum atomic E-state index is 10.6. The molecule has 0 saturated heterocycles. The molecule has 0 heterocycles. The monoisotopic (exact) mass is 270 g/mol. The van der Waals surface area contributed by atoms with Gasteiger partial charge in [-0.25, -0.2) is 0 Å². The van der Waals surface area contributed by atoms with Gasteiger partial charge in [0.05, 0.1) is 11.9 Å². The largest absolute Gasteiger partial charge is 0.497 e. The summed E-state index contributed by atoms with van der Waals surface area (Å²) in [5, 5.41) is 0. The van der Waals surface area contributed by atoms with Gasteiger partial charge in [-0.15, -0.1) is 0 Å². The van der Waals surface area contributed by atoms with E-state index in [1.807, 2.05) is 24.3 Å². The third-order valence-corrected chi connectivity index (χ3v) is 3.51. The minimum atomic E-state index is -0.0698. The molecule has 0 amide bonds. The molecule has 0 aliphatic rings. The SMILES string of the molecule is COc1ccc(CC(C)C(Br)C=O)cc1. The van der Waals surface area contributed by atoms with Gasteiger partial charge in [-0.3, -0.25) is 0 Å². The van der Waals surface area contributed by atoms with E-state index in [-0.39, 0.29) is 4.83 Å². The lowest BCUT2D eigenvalue weighted by Gasteiger charge is -2.13. The van der Waals surface area contributed by atoms with Crippen molar-refractivity contribution in [1.82, 2.24) is 0 Å². The van der Waals surface area contributed by atoms with Crippen LogP contribution in [-0.4, -0.2) is 18.2 Å². The molecule has 0 fully saturated rings. The molecule has 1 aromatic carbocycles. The molecule has 0 bridgehead atoms. The van der Waals surface area contributed by atoms with Gasteiger partial charge in [-0.1, -0.05) is 35.0 Å². The summed E-state index contributed by atoms with van der Waals surface area (Å²) in [6, 6.07) is 7.93. The van der Waals surface area contributed by atoms with Crippen LogP contribution in [-0.2, 0) is 11.2 Å². The van der Waals surface area contributed by atoms with Gasteiger partial charge in [0.15, 0.2) is 0 Å². The van der Waals surface area contributed by atoms with Crippen molar-refractivity contribution in [2.24, 2.45) is 5.92 Å². The van der Waals surface area contributed by atoms with Crippen molar-refractivity contribution in [3.63, 3.8) is 0 Å². The van der Waals surface area contributed by atoms with Crippen LogP contribution in [0.25, 0.3) is 0 Å². The predicted octanol–water partition coefficient (Wildman–Crippen LogP) is 2.84. The van der Waals surface area contributed by atoms with Crippen LogP contribution in [0.5, 0.6) is 5.75 Å². The summed E-state index contributed by atoms with van der Waals surface area (Å²) in [6.07, 6.45) is 1.83. The Bertz CT molecular complexity index is 308. The highest BCUT2D eigenvalue weighted by Crippen LogP contribution is 2.18. The van der Waals surface area contributed by atoms with E-state index < -0.39 is 0 Å². The van der Waals surface area contributed by atoms with E-state index in [0.29, 0.717) is 5.92 Å². The van der Waals surface area contributed by atoms with Gasteiger partial charge in [0.25, 0.3) is 0 Å². The van der Waals surface area contributed by atoms with Crippen LogP contribution < -0.4 is 4.74 Å². The first-order valence-electron chi connectivity index (χ1n) is 4.89. The Morgan fingerprint density at radius 2 is 2.00 bits per heavy atom. The van der Waals surface area contributed by atoms with Gasteiger partial charge in [0.2, 0.25) is 0 Å². The van der Waals surface area contributed by atoms with Crippen LogP contribution in [0.2, 0.25) is 0 Å². The molecule has 3 heteroatoms. The van der Waals surface area contributed by atoms with Crippen molar-refractivity contribution < 1.29 is 9.53 Å². The smallest absolute Gasteiger partial charge is 0.133 e. The van der Waals surface area contributed by atoms with Crippen molar-refractivity contribution in [3.05, 3.63) is 29.8 Å². The van der Waals surface area contributed by atoms with Gasteiger partial charge >= 0.3 is 0 Å². The molecule has 0 aliphatic heterocycles. The third-order valence-electron chi connectivity index (χ3n) is 2.39. The average Bonchev–Trinajstić information content (AvgIpc) is 2.29. The van der Waals surface area contributed by atoms with E-state index in [1.54, 1.807) is 7.11 Å². The molecule has 1 rings (SSSR count). The molecule has 2 atom stereocenters. The molecule has 0 N–H and O–H groups in total. The molecule has 0 aliphatic carbocycles. The Morgan fingerprint density at radius 1 is 1.40 bits per heavy atom. The van der Waals surface area contributed by atoms with Gasteiger partial charge in [-0.2, -0.15) is 0 Å². The average molecular weight is 271 g/mol. The van der Waals surface area contributed by atoms with Crippen LogP contribution in [0.1, 0.15) is 12.5 Å². The molecule has 0 radical (unpaired) electrons. The molecule has 0 aromatic heterocycles. The summed E-state index contributed by atoms with van der Waals surface area (Å²) >= 11 is 3.34. The number of carbonyl (C=O) groups excluding carboxylic acids is 1. The first-order chi connectivity index (χ1) is 7.17. The number of aldehydes is 1. The molecule has 0 spiro atoms. The van der Waals surface area contributed by atoms with Crippen molar-refractivity contribution in [2.75, 3.05) is 7.11 Å². The van der Waals surface area contributed by atoms with Gasteiger partial charge in [-0.05, 0) is 30.0 Å². The standard InChI is InChI=1S/C12H15BrO2/c1-9(12(13)8-14)7-10-3-5-11(15-2)6-4-10/h3-6,8-9,12H,7H2,1-2H3. The van der Waals surface area contributed by atoms with Crippen LogP contribution in [0, 0.1) is 5.92 Å². The van der Waals surface area contributed by atoms with Crippen LogP contribution in [0.3, 0.4) is 0 Å². The minimum Gasteiger partial charge on any atom is -0.497 e. The predicted molar refractivity (Wildman–Crippen MR) is 64.6 cm³/mol. The second kappa shape index (κ2) is 5.91. The normalized spacial score (nSPS) is 14.3. The van der Waals surface area contributed by atoms with E-state index in [2.05, 4.69) is 22.9 Å². The lowest BCUT2D eigenvalue weighted by molar-refractivity contribution is -0.107. The van der Waals surface area contributed by atoms with E-state index >= 15 is 0 Å². The van der Waals surface area contributed by atoms with Gasteiger partial charge in [0, 0.05) is 0 Å². The van der Waals surface area contributed by atoms with E-state index in [1.165, 1.54) is 5.56 Å². The maximum Gasteiger partial charge on any atom is 0.133 e. The van der Waals surface area contributed by atoms with Crippen molar-refractivity contribution in [3.8, 4) is 5.75 Å². The Hall–Kier alpha value is -0.830. The molecule has 82 valence electrons. The zero-order chi connectivity index (χ0) is 11.3. The zero-order valence-electron chi connectivity index (χ0n) is 8.94. The summed E-state index contributed by atoms with van der Waals surface area (Å²) in [5.74, 6) is 1.16. The fourth-order valence-corrected chi connectivity index (χ4v) is 1.57.